The molecule has 1 atom stereocenters. The number of rotatable bonds is 9. The molecule has 0 heterocycles. The summed E-state index contributed by atoms with van der Waals surface area (Å²) in [5.41, 5.74) is 2.84. The van der Waals surface area contributed by atoms with E-state index in [1.54, 1.807) is 12.1 Å². The molecule has 0 bridgehead atoms. The fraction of sp³-hybridized carbons (Fsp3) is 0.107. The molecule has 0 fully saturated rings. The van der Waals surface area contributed by atoms with Gasteiger partial charge in [0.1, 0.15) is 0 Å². The number of carbonyl (C=O) groups excluding carboxylic acids is 1. The standard InChI is InChI=1S/C28H24O3Se/c29-24-15-11-21(12-16-24)19-27(32-26-9-5-2-6-10-26)28(30)23-13-17-25(18-14-23)31-20-22-7-3-1-4-8-22/h1-18,27,29H,19-20H2. The summed E-state index contributed by atoms with van der Waals surface area (Å²) in [5.74, 6) is 1.11. The second-order valence-corrected chi connectivity index (χ2v) is 10.1. The summed E-state index contributed by atoms with van der Waals surface area (Å²) in [5, 5.41) is 9.58. The van der Waals surface area contributed by atoms with Crippen molar-refractivity contribution in [3.05, 3.63) is 126 Å². The van der Waals surface area contributed by atoms with Crippen LogP contribution in [0, 0.1) is 0 Å². The number of ether oxygens (including phenoxy) is 1. The van der Waals surface area contributed by atoms with Crippen LogP contribution < -0.4 is 9.20 Å². The molecule has 0 saturated carbocycles. The van der Waals surface area contributed by atoms with E-state index in [-0.39, 0.29) is 31.3 Å². The fourth-order valence-electron chi connectivity index (χ4n) is 3.34. The molecule has 0 spiro atoms. The maximum absolute atomic E-state index is 13.4. The van der Waals surface area contributed by atoms with Gasteiger partial charge in [-0.2, -0.15) is 0 Å². The van der Waals surface area contributed by atoms with Crippen LogP contribution in [-0.4, -0.2) is 25.8 Å². The minimum absolute atomic E-state index is 0.0152. The van der Waals surface area contributed by atoms with Crippen LogP contribution in [0.5, 0.6) is 11.5 Å². The summed E-state index contributed by atoms with van der Waals surface area (Å²) in [6.07, 6.45) is 0.639. The normalized spacial score (nSPS) is 11.6. The van der Waals surface area contributed by atoms with E-state index in [4.69, 9.17) is 4.74 Å². The molecule has 0 saturated heterocycles. The molecule has 0 radical (unpaired) electrons. The molecule has 0 aliphatic heterocycles. The van der Waals surface area contributed by atoms with E-state index in [9.17, 15) is 9.90 Å². The van der Waals surface area contributed by atoms with Crippen LogP contribution >= 0.6 is 0 Å². The van der Waals surface area contributed by atoms with Gasteiger partial charge in [0.2, 0.25) is 0 Å². The number of Topliss-reactive ketones (excluding diaryl/α,β-unsaturated/α-hetero) is 1. The molecule has 1 N–H and O–H groups in total. The van der Waals surface area contributed by atoms with Crippen molar-refractivity contribution in [2.45, 2.75) is 17.8 Å². The van der Waals surface area contributed by atoms with E-state index >= 15 is 0 Å². The van der Waals surface area contributed by atoms with Crippen molar-refractivity contribution in [1.82, 2.24) is 0 Å². The molecule has 3 nitrogen and oxygen atoms in total. The Kier molecular flexibility index (Phi) is 7.39. The van der Waals surface area contributed by atoms with Crippen molar-refractivity contribution >= 4 is 25.2 Å². The van der Waals surface area contributed by atoms with E-state index in [2.05, 4.69) is 12.1 Å². The van der Waals surface area contributed by atoms with E-state index in [0.29, 0.717) is 18.6 Å². The molecular weight excluding hydrogens is 463 g/mol. The first kappa shape index (κ1) is 21.9. The molecular formula is C28H24O3Se. The zero-order valence-electron chi connectivity index (χ0n) is 17.6. The second kappa shape index (κ2) is 10.8. The molecule has 0 amide bonds. The third-order valence-corrected chi connectivity index (χ3v) is 7.60. The Bertz CT molecular complexity index is 1120. The van der Waals surface area contributed by atoms with Crippen LogP contribution in [0.15, 0.2) is 109 Å². The Morgan fingerprint density at radius 2 is 1.38 bits per heavy atom. The maximum atomic E-state index is 13.4. The molecule has 4 rings (SSSR count). The molecule has 0 aliphatic rings. The number of phenolic OH excluding ortho intramolecular Hbond substituents is 1. The van der Waals surface area contributed by atoms with Crippen molar-refractivity contribution in [1.29, 1.82) is 0 Å². The number of hydrogen-bond acceptors (Lipinski definition) is 3. The van der Waals surface area contributed by atoms with Gasteiger partial charge in [-0.05, 0) is 0 Å². The van der Waals surface area contributed by atoms with Crippen molar-refractivity contribution in [2.24, 2.45) is 0 Å². The van der Waals surface area contributed by atoms with Gasteiger partial charge in [-0.1, -0.05) is 0 Å². The van der Waals surface area contributed by atoms with Crippen molar-refractivity contribution in [3.63, 3.8) is 0 Å². The number of hydrogen-bond donors (Lipinski definition) is 1. The van der Waals surface area contributed by atoms with Crippen LogP contribution in [0.25, 0.3) is 0 Å². The number of benzene rings is 4. The Balaban J connectivity index is 1.48. The Morgan fingerprint density at radius 1 is 0.750 bits per heavy atom. The van der Waals surface area contributed by atoms with Gasteiger partial charge in [0, 0.05) is 0 Å². The van der Waals surface area contributed by atoms with E-state index in [1.165, 1.54) is 4.46 Å². The van der Waals surface area contributed by atoms with E-state index in [0.717, 1.165) is 16.9 Å². The topological polar surface area (TPSA) is 46.5 Å². The SMILES string of the molecule is O=C(c1ccc(OCc2ccccc2)cc1)C(Cc1ccc(O)cc1)[Se]c1ccccc1. The predicted octanol–water partition coefficient (Wildman–Crippen LogP) is 5.21. The van der Waals surface area contributed by atoms with Crippen LogP contribution in [0.2, 0.25) is 4.82 Å². The number of carbonyl (C=O) groups is 1. The zero-order chi connectivity index (χ0) is 22.2. The first-order valence-electron chi connectivity index (χ1n) is 10.5. The molecule has 0 aliphatic carbocycles. The first-order valence-corrected chi connectivity index (χ1v) is 12.3. The average Bonchev–Trinajstić information content (AvgIpc) is 2.85. The van der Waals surface area contributed by atoms with Gasteiger partial charge in [-0.15, -0.1) is 0 Å². The molecule has 0 aromatic heterocycles. The molecule has 4 aromatic rings. The van der Waals surface area contributed by atoms with Gasteiger partial charge in [-0.3, -0.25) is 0 Å². The summed E-state index contributed by atoms with van der Waals surface area (Å²) < 4.78 is 7.05. The van der Waals surface area contributed by atoms with Gasteiger partial charge in [0.15, 0.2) is 0 Å². The molecule has 1 unspecified atom stereocenters. The number of aromatic hydroxyl groups is 1. The monoisotopic (exact) mass is 488 g/mol. The van der Waals surface area contributed by atoms with Crippen molar-refractivity contribution in [3.8, 4) is 11.5 Å². The van der Waals surface area contributed by atoms with Crippen LogP contribution in [0.4, 0.5) is 0 Å². The van der Waals surface area contributed by atoms with Crippen LogP contribution in [0.1, 0.15) is 21.5 Å². The van der Waals surface area contributed by atoms with Gasteiger partial charge < -0.3 is 0 Å². The summed E-state index contributed by atoms with van der Waals surface area (Å²) in [6, 6.07) is 34.7. The molecule has 160 valence electrons. The van der Waals surface area contributed by atoms with Crippen LogP contribution in [-0.2, 0) is 13.0 Å². The Hall–Kier alpha value is -3.33. The summed E-state index contributed by atoms with van der Waals surface area (Å²) in [7, 11) is 0. The van der Waals surface area contributed by atoms with Gasteiger partial charge in [-0.25, -0.2) is 0 Å². The van der Waals surface area contributed by atoms with Crippen molar-refractivity contribution < 1.29 is 14.6 Å². The quantitative estimate of drug-likeness (QED) is 0.260. The molecule has 4 aromatic carbocycles. The fourth-order valence-corrected chi connectivity index (χ4v) is 5.78. The van der Waals surface area contributed by atoms with E-state index < -0.39 is 0 Å². The molecule has 4 heteroatoms. The Morgan fingerprint density at radius 3 is 2.03 bits per heavy atom. The summed E-state index contributed by atoms with van der Waals surface area (Å²) >= 11 is -0.0152. The number of phenols is 1. The van der Waals surface area contributed by atoms with Gasteiger partial charge >= 0.3 is 195 Å². The van der Waals surface area contributed by atoms with E-state index in [1.807, 2.05) is 84.9 Å². The third kappa shape index (κ3) is 6.10. The summed E-state index contributed by atoms with van der Waals surface area (Å²) in [4.78, 5) is 13.3. The zero-order valence-corrected chi connectivity index (χ0v) is 19.3. The van der Waals surface area contributed by atoms with Crippen molar-refractivity contribution in [2.75, 3.05) is 0 Å². The minimum atomic E-state index is -0.134. The van der Waals surface area contributed by atoms with Gasteiger partial charge in [0.25, 0.3) is 0 Å². The third-order valence-electron chi connectivity index (χ3n) is 5.06. The predicted molar refractivity (Wildman–Crippen MR) is 129 cm³/mol. The number of ketones is 1. The second-order valence-electron chi connectivity index (χ2n) is 7.45. The average molecular weight is 487 g/mol. The van der Waals surface area contributed by atoms with Gasteiger partial charge in [0.05, 0.1) is 0 Å². The first-order chi connectivity index (χ1) is 15.7. The summed E-state index contributed by atoms with van der Waals surface area (Å²) in [6.45, 7) is 0.495. The Labute approximate surface area is 194 Å². The molecule has 32 heavy (non-hydrogen) atoms. The van der Waals surface area contributed by atoms with Crippen LogP contribution in [0.3, 0.4) is 0 Å².